The number of esters is 1. The fraction of sp³-hybridized carbons (Fsp3) is 0.545. The lowest BCUT2D eigenvalue weighted by Gasteiger charge is -2.11. The molecule has 0 spiro atoms. The topological polar surface area (TPSA) is 93.6 Å². The van der Waals surface area contributed by atoms with Gasteiger partial charge >= 0.3 is 16.2 Å². The first kappa shape index (κ1) is 15.8. The van der Waals surface area contributed by atoms with E-state index in [1.165, 1.54) is 0 Å². The Morgan fingerprint density at radius 3 is 2.76 bits per heavy atom. The van der Waals surface area contributed by atoms with E-state index < -0.39 is 33.8 Å². The van der Waals surface area contributed by atoms with E-state index in [2.05, 4.69) is 4.98 Å². The summed E-state index contributed by atoms with van der Waals surface area (Å²) in [4.78, 5) is 29.1. The number of hydrogen-bond acceptors (Lipinski definition) is 7. The number of amides is 1. The minimum atomic E-state index is -4.78. The number of hydrogen-bond donors (Lipinski definition) is 0. The highest BCUT2D eigenvalue weighted by molar-refractivity contribution is 7.87. The van der Waals surface area contributed by atoms with Crippen molar-refractivity contribution in [1.29, 1.82) is 0 Å². The van der Waals surface area contributed by atoms with Crippen LogP contribution < -0.4 is 4.90 Å². The van der Waals surface area contributed by atoms with Crippen molar-refractivity contribution >= 4 is 38.6 Å². The van der Waals surface area contributed by atoms with Gasteiger partial charge in [-0.1, -0.05) is 0 Å². The summed E-state index contributed by atoms with van der Waals surface area (Å²) < 4.78 is 39.6. The van der Waals surface area contributed by atoms with Crippen molar-refractivity contribution in [2.24, 2.45) is 0 Å². The van der Waals surface area contributed by atoms with Crippen molar-refractivity contribution in [3.63, 3.8) is 0 Å². The fourth-order valence-electron chi connectivity index (χ4n) is 1.94. The summed E-state index contributed by atoms with van der Waals surface area (Å²) in [6, 6.07) is 0. The van der Waals surface area contributed by atoms with Gasteiger partial charge < -0.3 is 4.74 Å². The van der Waals surface area contributed by atoms with Crippen LogP contribution >= 0.6 is 11.3 Å². The molecule has 0 aromatic carbocycles. The maximum Gasteiger partial charge on any atom is 0.358 e. The summed E-state index contributed by atoms with van der Waals surface area (Å²) in [5.41, 5.74) is 0.0798. The Bertz CT molecular complexity index is 685. The lowest BCUT2D eigenvalue weighted by Crippen LogP contribution is -2.26. The molecule has 2 heterocycles. The Morgan fingerprint density at radius 2 is 2.24 bits per heavy atom. The second-order valence-corrected chi connectivity index (χ2v) is 7.23. The van der Waals surface area contributed by atoms with Crippen LogP contribution in [0.5, 0.6) is 0 Å². The molecule has 1 aliphatic rings. The first-order valence-corrected chi connectivity index (χ1v) is 8.38. The zero-order valence-corrected chi connectivity index (χ0v) is 13.0. The predicted octanol–water partition coefficient (Wildman–Crippen LogP) is 1.03. The van der Waals surface area contributed by atoms with E-state index in [-0.39, 0.29) is 24.0 Å². The minimum Gasteiger partial charge on any atom is -0.461 e. The second-order valence-electron chi connectivity index (χ2n) is 4.43. The van der Waals surface area contributed by atoms with E-state index in [0.717, 1.165) is 16.2 Å². The molecule has 1 unspecified atom stereocenters. The Balaban J connectivity index is 2.26. The first-order chi connectivity index (χ1) is 9.74. The predicted molar refractivity (Wildman–Crippen MR) is 73.6 cm³/mol. The minimum absolute atomic E-state index is 0.0798. The van der Waals surface area contributed by atoms with Gasteiger partial charge in [-0.05, 0) is 13.8 Å². The quantitative estimate of drug-likeness (QED) is 0.602. The number of aromatic nitrogens is 1. The van der Waals surface area contributed by atoms with Gasteiger partial charge in [0, 0.05) is 17.8 Å². The summed E-state index contributed by atoms with van der Waals surface area (Å²) in [7, 11) is -4.78. The third kappa shape index (κ3) is 3.21. The Morgan fingerprint density at radius 1 is 1.57 bits per heavy atom. The summed E-state index contributed by atoms with van der Waals surface area (Å²) in [5.74, 6) is -1.15. The first-order valence-electron chi connectivity index (χ1n) is 6.12. The average Bonchev–Trinajstić information content (AvgIpc) is 2.92. The van der Waals surface area contributed by atoms with Gasteiger partial charge in [-0.15, -0.1) is 15.2 Å². The van der Waals surface area contributed by atoms with Gasteiger partial charge in [0.1, 0.15) is 5.25 Å². The van der Waals surface area contributed by atoms with E-state index in [9.17, 15) is 21.9 Å². The van der Waals surface area contributed by atoms with Crippen molar-refractivity contribution in [3.05, 3.63) is 10.6 Å². The molecule has 0 aliphatic carbocycles. The summed E-state index contributed by atoms with van der Waals surface area (Å²) in [6.07, 6.45) is -0.424. The van der Waals surface area contributed by atoms with Gasteiger partial charge in [-0.25, -0.2) is 9.78 Å². The maximum atomic E-state index is 13.0. The number of aryl methyl sites for hydroxylation is 1. The van der Waals surface area contributed by atoms with E-state index in [0.29, 0.717) is 4.88 Å². The fourth-order valence-corrected chi connectivity index (χ4v) is 3.53. The van der Waals surface area contributed by atoms with Gasteiger partial charge in [-0.2, -0.15) is 8.42 Å². The number of carbonyl (C=O) groups is 2. The molecule has 0 radical (unpaired) electrons. The van der Waals surface area contributed by atoms with Gasteiger partial charge in [0.15, 0.2) is 10.8 Å². The third-order valence-electron chi connectivity index (χ3n) is 2.97. The van der Waals surface area contributed by atoms with Crippen LogP contribution in [0.25, 0.3) is 0 Å². The smallest absolute Gasteiger partial charge is 0.358 e. The normalized spacial score (nSPS) is 19.1. The number of nitrogens with zero attached hydrogens (tertiary/aromatic N) is 2. The van der Waals surface area contributed by atoms with E-state index in [1.54, 1.807) is 13.8 Å². The molecule has 7 nitrogen and oxygen atoms in total. The summed E-state index contributed by atoms with van der Waals surface area (Å²) >= 11 is 1.06. The van der Waals surface area contributed by atoms with Crippen LogP contribution in [0.3, 0.4) is 0 Å². The zero-order valence-electron chi connectivity index (χ0n) is 11.3. The lowest BCUT2D eigenvalue weighted by molar-refractivity contribution is -0.117. The van der Waals surface area contributed by atoms with E-state index >= 15 is 0 Å². The largest absolute Gasteiger partial charge is 0.461 e. The van der Waals surface area contributed by atoms with Crippen LogP contribution in [-0.2, 0) is 19.8 Å². The number of carbonyl (C=O) groups excluding carboxylic acids is 2. The number of thiazole rings is 1. The molecule has 1 aromatic rings. The number of rotatable bonds is 4. The Kier molecular flexibility index (Phi) is 4.28. The summed E-state index contributed by atoms with van der Waals surface area (Å²) in [6.45, 7) is 3.18. The number of ether oxygens (including phenoxy) is 1. The van der Waals surface area contributed by atoms with Crippen LogP contribution in [0, 0.1) is 6.92 Å². The lowest BCUT2D eigenvalue weighted by atomic mass is 10.4. The summed E-state index contributed by atoms with van der Waals surface area (Å²) in [5, 5.41) is -1.22. The van der Waals surface area contributed by atoms with Crippen LogP contribution in [0.2, 0.25) is 0 Å². The molecule has 1 aliphatic heterocycles. The van der Waals surface area contributed by atoms with E-state index in [1.807, 2.05) is 0 Å². The second kappa shape index (κ2) is 5.68. The van der Waals surface area contributed by atoms with Crippen molar-refractivity contribution in [2.75, 3.05) is 18.1 Å². The zero-order chi connectivity index (χ0) is 15.8. The molecule has 1 aromatic heterocycles. The van der Waals surface area contributed by atoms with Crippen molar-refractivity contribution < 1.29 is 26.6 Å². The molecule has 21 heavy (non-hydrogen) atoms. The molecule has 116 valence electrons. The highest BCUT2D eigenvalue weighted by Crippen LogP contribution is 2.31. The van der Waals surface area contributed by atoms with Gasteiger partial charge in [-0.3, -0.25) is 9.69 Å². The molecule has 1 atom stereocenters. The molecule has 1 fully saturated rings. The highest BCUT2D eigenvalue weighted by atomic mass is 32.3. The Labute approximate surface area is 124 Å². The monoisotopic (exact) mass is 336 g/mol. The molecule has 0 bridgehead atoms. The van der Waals surface area contributed by atoms with Crippen LogP contribution in [0.15, 0.2) is 0 Å². The van der Waals surface area contributed by atoms with Gasteiger partial charge in [0.2, 0.25) is 5.91 Å². The molecule has 2 rings (SSSR count). The molecule has 10 heteroatoms. The van der Waals surface area contributed by atoms with Crippen LogP contribution in [0.1, 0.15) is 28.7 Å². The maximum absolute atomic E-state index is 13.0. The van der Waals surface area contributed by atoms with Crippen molar-refractivity contribution in [1.82, 2.24) is 4.98 Å². The molecule has 1 saturated heterocycles. The third-order valence-corrected chi connectivity index (χ3v) is 5.08. The van der Waals surface area contributed by atoms with Crippen LogP contribution in [-0.4, -0.2) is 43.7 Å². The molecule has 0 saturated carbocycles. The van der Waals surface area contributed by atoms with Gasteiger partial charge in [0.25, 0.3) is 0 Å². The molecule has 0 N–H and O–H groups in total. The molecule has 1 amide bonds. The standard InChI is InChI=1S/C11H13FN2O5S2/c1-3-19-10(16)9-6(2)20-11(13-9)14-5-7(4-8(14)15)21(12,17)18/h7H,3-5H2,1-2H3. The van der Waals surface area contributed by atoms with E-state index in [4.69, 9.17) is 4.74 Å². The molecular weight excluding hydrogens is 323 g/mol. The van der Waals surface area contributed by atoms with Gasteiger partial charge in [0.05, 0.1) is 6.61 Å². The Hall–Kier alpha value is -1.55. The number of halogens is 1. The number of anilines is 1. The molecular formula is C11H13FN2O5S2. The van der Waals surface area contributed by atoms with Crippen LogP contribution in [0.4, 0.5) is 9.02 Å². The average molecular weight is 336 g/mol. The highest BCUT2D eigenvalue weighted by Gasteiger charge is 2.40. The SMILES string of the molecule is CCOC(=O)c1nc(N2CC(S(=O)(=O)F)CC2=O)sc1C. The van der Waals surface area contributed by atoms with Crippen molar-refractivity contribution in [2.45, 2.75) is 25.5 Å². The van der Waals surface area contributed by atoms with Crippen molar-refractivity contribution in [3.8, 4) is 0 Å².